The maximum atomic E-state index is 14.7. The molecule has 3 heterocycles. The van der Waals surface area contributed by atoms with E-state index < -0.39 is 50.1 Å². The third kappa shape index (κ3) is 7.45. The first-order valence-corrected chi connectivity index (χ1v) is 16.5. The number of carboxylic acids is 1. The molecule has 0 saturated heterocycles. The summed E-state index contributed by atoms with van der Waals surface area (Å²) < 4.78 is 50.9. The third-order valence-corrected chi connectivity index (χ3v) is 9.01. The molecule has 6 rings (SSSR count). The number of aromatic nitrogens is 3. The molecule has 3 aliphatic rings. The SMILES string of the molecule is C#CCN1C(=O)COc2cc(F)c(N3C(=O)C4=C(CCCC4)C3=O)cc21.COc1nc(C)nc(NC(=O)NS(=O)(=O)c2ccccc2C(=O)O)n1. The van der Waals surface area contributed by atoms with Crippen molar-refractivity contribution in [2.24, 2.45) is 0 Å². The van der Waals surface area contributed by atoms with Crippen LogP contribution in [-0.4, -0.2) is 78.5 Å². The fourth-order valence-electron chi connectivity index (χ4n) is 5.39. The van der Waals surface area contributed by atoms with Crippen LogP contribution in [0.1, 0.15) is 41.9 Å². The molecule has 0 spiro atoms. The normalized spacial score (nSPS) is 15.1. The molecule has 1 aliphatic carbocycles. The largest absolute Gasteiger partial charge is 0.481 e. The number of ether oxygens (including phenoxy) is 2. The molecular formula is C32H28FN7O10S. The van der Waals surface area contributed by atoms with Crippen molar-refractivity contribution in [1.29, 1.82) is 0 Å². The fraction of sp³-hybridized carbons (Fsp3) is 0.250. The number of imide groups is 1. The van der Waals surface area contributed by atoms with Gasteiger partial charge in [-0.3, -0.25) is 24.6 Å². The van der Waals surface area contributed by atoms with Crippen LogP contribution in [0, 0.1) is 25.1 Å². The van der Waals surface area contributed by atoms with Crippen LogP contribution in [0.4, 0.5) is 26.5 Å². The van der Waals surface area contributed by atoms with Gasteiger partial charge in [-0.05, 0) is 50.8 Å². The number of anilines is 3. The lowest BCUT2D eigenvalue weighted by Gasteiger charge is -2.29. The number of urea groups is 1. The number of hydrogen-bond acceptors (Lipinski definition) is 12. The number of aromatic carboxylic acids is 1. The minimum Gasteiger partial charge on any atom is -0.481 e. The topological polar surface area (TPSA) is 227 Å². The number of carboxylic acid groups (broad SMARTS) is 1. The highest BCUT2D eigenvalue weighted by atomic mass is 32.2. The van der Waals surface area contributed by atoms with Gasteiger partial charge in [-0.15, -0.1) is 6.42 Å². The van der Waals surface area contributed by atoms with Gasteiger partial charge in [0.05, 0.1) is 30.6 Å². The standard InChI is InChI=1S/C19H15FN2O4.C13H13N5O6S/c1-2-7-21-15-9-14(13(20)8-16(15)26-10-17(21)23)22-18(24)11-5-3-4-6-12(11)19(22)25;1-7-14-11(17-13(15-7)24-2)16-12(21)18-25(22,23)9-6-4-3-5-8(9)10(19)20/h1,8-9H,3-7,10H2;3-6H,1-2H3,(H,19,20)(H2,14,15,16,17,18,21). The molecular weight excluding hydrogens is 693 g/mol. The van der Waals surface area contributed by atoms with Gasteiger partial charge in [0.2, 0.25) is 5.95 Å². The Kier molecular flexibility index (Phi) is 10.3. The van der Waals surface area contributed by atoms with Crippen LogP contribution in [0.15, 0.2) is 52.4 Å². The Morgan fingerprint density at radius 2 is 1.73 bits per heavy atom. The second-order valence-electron chi connectivity index (χ2n) is 10.9. The number of nitrogens with zero attached hydrogens (tertiary/aromatic N) is 5. The Hall–Kier alpha value is -6.42. The zero-order valence-corrected chi connectivity index (χ0v) is 27.7. The molecule has 19 heteroatoms. The average molecular weight is 722 g/mol. The summed E-state index contributed by atoms with van der Waals surface area (Å²) in [5.74, 6) is -1.03. The van der Waals surface area contributed by atoms with Crippen LogP contribution in [0.2, 0.25) is 0 Å². The monoisotopic (exact) mass is 721 g/mol. The van der Waals surface area contributed by atoms with Crippen LogP contribution in [0.25, 0.3) is 0 Å². The molecule has 3 aromatic rings. The average Bonchev–Trinajstić information content (AvgIpc) is 3.34. The number of fused-ring (bicyclic) bond motifs is 1. The third-order valence-electron chi connectivity index (χ3n) is 7.62. The van der Waals surface area contributed by atoms with E-state index in [1.807, 2.05) is 0 Å². The summed E-state index contributed by atoms with van der Waals surface area (Å²) >= 11 is 0. The molecule has 2 aromatic carbocycles. The van der Waals surface area contributed by atoms with Crippen molar-refractivity contribution in [3.63, 3.8) is 0 Å². The summed E-state index contributed by atoms with van der Waals surface area (Å²) in [6.07, 6.45) is 8.01. The molecule has 2 aliphatic heterocycles. The smallest absolute Gasteiger partial charge is 0.337 e. The van der Waals surface area contributed by atoms with Gasteiger partial charge in [-0.1, -0.05) is 18.1 Å². The van der Waals surface area contributed by atoms with Gasteiger partial charge in [-0.25, -0.2) is 32.0 Å². The van der Waals surface area contributed by atoms with Crippen LogP contribution in [-0.2, 0) is 24.4 Å². The molecule has 0 unspecified atom stereocenters. The van der Waals surface area contributed by atoms with E-state index in [-0.39, 0.29) is 54.0 Å². The Morgan fingerprint density at radius 3 is 2.35 bits per heavy atom. The number of nitrogens with one attached hydrogen (secondary N) is 2. The molecule has 1 aromatic heterocycles. The highest BCUT2D eigenvalue weighted by molar-refractivity contribution is 7.90. The lowest BCUT2D eigenvalue weighted by atomic mass is 9.93. The zero-order valence-electron chi connectivity index (χ0n) is 26.9. The predicted octanol–water partition coefficient (Wildman–Crippen LogP) is 2.33. The number of amides is 5. The van der Waals surface area contributed by atoms with Crippen LogP contribution in [0.5, 0.6) is 11.8 Å². The highest BCUT2D eigenvalue weighted by Gasteiger charge is 2.41. The number of hydrogen-bond donors (Lipinski definition) is 3. The number of aryl methyl sites for hydroxylation is 1. The number of rotatable bonds is 7. The second-order valence-corrected chi connectivity index (χ2v) is 12.6. The molecule has 3 N–H and O–H groups in total. The number of carbonyl (C=O) groups excluding carboxylic acids is 4. The first-order chi connectivity index (χ1) is 24.2. The van der Waals surface area contributed by atoms with E-state index in [1.165, 1.54) is 37.1 Å². The van der Waals surface area contributed by atoms with E-state index in [4.69, 9.17) is 21.0 Å². The molecule has 5 amide bonds. The summed E-state index contributed by atoms with van der Waals surface area (Å²) in [7, 11) is -3.11. The first-order valence-electron chi connectivity index (χ1n) is 15.0. The molecule has 0 fully saturated rings. The summed E-state index contributed by atoms with van der Waals surface area (Å²) in [5, 5.41) is 11.2. The Bertz CT molecular complexity index is 2140. The molecule has 0 bridgehead atoms. The summed E-state index contributed by atoms with van der Waals surface area (Å²) in [4.78, 5) is 73.4. The van der Waals surface area contributed by atoms with E-state index in [2.05, 4.69) is 26.2 Å². The molecule has 51 heavy (non-hydrogen) atoms. The predicted molar refractivity (Wildman–Crippen MR) is 175 cm³/mol. The molecule has 0 saturated carbocycles. The van der Waals surface area contributed by atoms with Crippen LogP contribution >= 0.6 is 0 Å². The number of benzene rings is 2. The van der Waals surface area contributed by atoms with Crippen LogP contribution in [0.3, 0.4) is 0 Å². The number of halogens is 1. The van der Waals surface area contributed by atoms with Gasteiger partial charge in [0.1, 0.15) is 16.5 Å². The van der Waals surface area contributed by atoms with Crippen molar-refractivity contribution in [3.8, 4) is 24.1 Å². The first kappa shape index (κ1) is 35.9. The summed E-state index contributed by atoms with van der Waals surface area (Å²) in [5.41, 5.74) is 0.521. The maximum absolute atomic E-state index is 14.7. The van der Waals surface area contributed by atoms with E-state index in [0.29, 0.717) is 24.0 Å². The molecule has 0 radical (unpaired) electrons. The van der Waals surface area contributed by atoms with Crippen molar-refractivity contribution in [2.45, 2.75) is 37.5 Å². The minimum atomic E-state index is -4.43. The van der Waals surface area contributed by atoms with Gasteiger partial charge in [0, 0.05) is 17.2 Å². The van der Waals surface area contributed by atoms with Crippen molar-refractivity contribution in [1.82, 2.24) is 19.7 Å². The lowest BCUT2D eigenvalue weighted by molar-refractivity contribution is -0.121. The number of carbonyl (C=O) groups is 5. The maximum Gasteiger partial charge on any atom is 0.337 e. The van der Waals surface area contributed by atoms with Crippen LogP contribution < -0.4 is 29.3 Å². The molecule has 17 nitrogen and oxygen atoms in total. The zero-order chi connectivity index (χ0) is 37.0. The van der Waals surface area contributed by atoms with E-state index >= 15 is 0 Å². The lowest BCUT2D eigenvalue weighted by Crippen LogP contribution is -2.39. The van der Waals surface area contributed by atoms with Gasteiger partial charge < -0.3 is 14.6 Å². The summed E-state index contributed by atoms with van der Waals surface area (Å²) in [6, 6.07) is 5.99. The molecule has 0 atom stereocenters. The van der Waals surface area contributed by atoms with E-state index in [9.17, 15) is 36.8 Å². The number of methoxy groups -OCH3 is 1. The Morgan fingerprint density at radius 1 is 1.06 bits per heavy atom. The van der Waals surface area contributed by atoms with Crippen molar-refractivity contribution >= 4 is 57.1 Å². The van der Waals surface area contributed by atoms with Gasteiger partial charge in [0.15, 0.2) is 12.4 Å². The Balaban J connectivity index is 0.000000198. The van der Waals surface area contributed by atoms with Crippen molar-refractivity contribution in [3.05, 3.63) is 64.7 Å². The van der Waals surface area contributed by atoms with E-state index in [0.717, 1.165) is 35.9 Å². The second kappa shape index (κ2) is 14.6. The van der Waals surface area contributed by atoms with Gasteiger partial charge >= 0.3 is 18.0 Å². The quantitative estimate of drug-likeness (QED) is 0.235. The minimum absolute atomic E-state index is 0.0170. The van der Waals surface area contributed by atoms with Gasteiger partial charge in [0.25, 0.3) is 27.7 Å². The highest BCUT2D eigenvalue weighted by Crippen LogP contribution is 2.41. The number of sulfonamides is 1. The van der Waals surface area contributed by atoms with E-state index in [1.54, 1.807) is 4.72 Å². The fourth-order valence-corrected chi connectivity index (χ4v) is 6.50. The van der Waals surface area contributed by atoms with Crippen molar-refractivity contribution in [2.75, 3.05) is 35.4 Å². The Labute approximate surface area is 289 Å². The summed E-state index contributed by atoms with van der Waals surface area (Å²) in [6.45, 7) is 1.26. The molecule has 264 valence electrons. The van der Waals surface area contributed by atoms with Crippen molar-refractivity contribution < 1.29 is 51.4 Å². The van der Waals surface area contributed by atoms with Gasteiger partial charge in [-0.2, -0.15) is 15.0 Å². The number of terminal acetylenes is 1.